The third kappa shape index (κ3) is 5.87. The van der Waals surface area contributed by atoms with Crippen LogP contribution in [0.15, 0.2) is 83.1 Å². The van der Waals surface area contributed by atoms with Gasteiger partial charge in [0, 0.05) is 21.8 Å². The summed E-state index contributed by atoms with van der Waals surface area (Å²) < 4.78 is 12.5. The highest BCUT2D eigenvalue weighted by atomic mass is 35.5. The topological polar surface area (TPSA) is 90.6 Å². The Bertz CT molecular complexity index is 1370. The number of methoxy groups -OCH3 is 2. The van der Waals surface area contributed by atoms with Crippen molar-refractivity contribution in [1.29, 1.82) is 0 Å². The summed E-state index contributed by atoms with van der Waals surface area (Å²) in [6.07, 6.45) is 0. The van der Waals surface area contributed by atoms with Crippen molar-refractivity contribution < 1.29 is 14.3 Å². The lowest BCUT2D eigenvalue weighted by Crippen LogP contribution is -2.21. The highest BCUT2D eigenvalue weighted by Crippen LogP contribution is 2.29. The Morgan fingerprint density at radius 2 is 1.72 bits per heavy atom. The largest absolute Gasteiger partial charge is 0.493 e. The molecule has 0 aliphatic carbocycles. The van der Waals surface area contributed by atoms with Gasteiger partial charge in [-0.05, 0) is 61.5 Å². The maximum atomic E-state index is 12.6. The van der Waals surface area contributed by atoms with Gasteiger partial charge in [-0.15, -0.1) is 10.2 Å². The molecule has 3 aromatic carbocycles. The molecule has 0 bridgehead atoms. The molecule has 1 aromatic heterocycles. The quantitative estimate of drug-likeness (QED) is 0.184. The van der Waals surface area contributed by atoms with Gasteiger partial charge in [0.25, 0.3) is 5.91 Å². The maximum absolute atomic E-state index is 12.6. The molecule has 4 aromatic rings. The number of aromatic nitrogens is 3. The van der Waals surface area contributed by atoms with E-state index in [9.17, 15) is 4.79 Å². The number of nitrogens with zero attached hydrogens (tertiary/aromatic N) is 4. The molecule has 36 heavy (non-hydrogen) atoms. The Balaban J connectivity index is 1.49. The van der Waals surface area contributed by atoms with Crippen molar-refractivity contribution >= 4 is 35.0 Å². The van der Waals surface area contributed by atoms with Crippen LogP contribution in [0.4, 0.5) is 0 Å². The van der Waals surface area contributed by atoms with E-state index in [-0.39, 0.29) is 11.7 Å². The second-order valence-electron chi connectivity index (χ2n) is 7.57. The smallest absolute Gasteiger partial charge is 0.250 e. The molecular weight excluding hydrogens is 498 g/mol. The fourth-order valence-electron chi connectivity index (χ4n) is 3.39. The average Bonchev–Trinajstić information content (AvgIpc) is 3.35. The number of hydrogen-bond acceptors (Lipinski definition) is 7. The summed E-state index contributed by atoms with van der Waals surface area (Å²) in [5.74, 6) is 1.70. The number of hydrogen-bond donors (Lipinski definition) is 1. The van der Waals surface area contributed by atoms with E-state index in [1.165, 1.54) is 11.8 Å². The minimum atomic E-state index is -0.268. The van der Waals surface area contributed by atoms with Crippen LogP contribution in [0.3, 0.4) is 0 Å². The fourth-order valence-corrected chi connectivity index (χ4v) is 4.26. The van der Waals surface area contributed by atoms with E-state index in [2.05, 4.69) is 20.7 Å². The number of benzene rings is 3. The standard InChI is InChI=1S/C26H24ClN5O3S/c1-17(19-11-14-22(34-2)23(15-19)35-3)28-29-24(33)16-36-26-31-30-25(18-9-12-20(27)13-10-18)32(26)21-7-5-4-6-8-21/h4-15H,16H2,1-3H3,(H,29,33)/b28-17-. The maximum Gasteiger partial charge on any atom is 0.250 e. The van der Waals surface area contributed by atoms with E-state index in [1.54, 1.807) is 45.4 Å². The van der Waals surface area contributed by atoms with Gasteiger partial charge in [0.1, 0.15) is 0 Å². The molecule has 4 rings (SSSR count). The molecule has 8 nitrogen and oxygen atoms in total. The van der Waals surface area contributed by atoms with E-state index >= 15 is 0 Å². The number of carbonyl (C=O) groups is 1. The molecule has 0 unspecified atom stereocenters. The average molecular weight is 522 g/mol. The van der Waals surface area contributed by atoms with Crippen molar-refractivity contribution in [3.8, 4) is 28.6 Å². The molecule has 10 heteroatoms. The van der Waals surface area contributed by atoms with Crippen molar-refractivity contribution in [1.82, 2.24) is 20.2 Å². The van der Waals surface area contributed by atoms with Crippen LogP contribution in [0.1, 0.15) is 12.5 Å². The third-order valence-corrected chi connectivity index (χ3v) is 6.41. The van der Waals surface area contributed by atoms with Crippen LogP contribution in [-0.4, -0.2) is 46.4 Å². The first-order chi connectivity index (χ1) is 17.5. The van der Waals surface area contributed by atoms with Crippen LogP contribution in [0.5, 0.6) is 11.5 Å². The molecule has 0 aliphatic heterocycles. The third-order valence-electron chi connectivity index (χ3n) is 5.23. The first-order valence-electron chi connectivity index (χ1n) is 10.9. The van der Waals surface area contributed by atoms with Crippen LogP contribution >= 0.6 is 23.4 Å². The van der Waals surface area contributed by atoms with E-state index < -0.39 is 0 Å². The number of para-hydroxylation sites is 1. The molecule has 0 spiro atoms. The zero-order valence-electron chi connectivity index (χ0n) is 19.9. The first kappa shape index (κ1) is 25.3. The minimum Gasteiger partial charge on any atom is -0.493 e. The number of hydrazone groups is 1. The van der Waals surface area contributed by atoms with Gasteiger partial charge >= 0.3 is 0 Å². The van der Waals surface area contributed by atoms with Crippen molar-refractivity contribution in [2.75, 3.05) is 20.0 Å². The first-order valence-corrected chi connectivity index (χ1v) is 12.3. The van der Waals surface area contributed by atoms with Crippen molar-refractivity contribution in [3.63, 3.8) is 0 Å². The lowest BCUT2D eigenvalue weighted by Gasteiger charge is -2.10. The summed E-state index contributed by atoms with van der Waals surface area (Å²) in [4.78, 5) is 12.6. The van der Waals surface area contributed by atoms with E-state index in [4.69, 9.17) is 21.1 Å². The minimum absolute atomic E-state index is 0.105. The summed E-state index contributed by atoms with van der Waals surface area (Å²) in [7, 11) is 3.15. The number of rotatable bonds is 9. The molecule has 1 heterocycles. The summed E-state index contributed by atoms with van der Waals surface area (Å²) in [6, 6.07) is 22.6. The van der Waals surface area contributed by atoms with Crippen molar-refractivity contribution in [2.24, 2.45) is 5.10 Å². The summed E-state index contributed by atoms with van der Waals surface area (Å²) in [5, 5.41) is 14.2. The molecule has 0 saturated heterocycles. The van der Waals surface area contributed by atoms with Crippen LogP contribution in [0.25, 0.3) is 17.1 Å². The summed E-state index contributed by atoms with van der Waals surface area (Å²) >= 11 is 7.32. The van der Waals surface area contributed by atoms with Crippen LogP contribution in [-0.2, 0) is 4.79 Å². The molecular formula is C26H24ClN5O3S. The van der Waals surface area contributed by atoms with Gasteiger partial charge in [-0.2, -0.15) is 5.10 Å². The monoisotopic (exact) mass is 521 g/mol. The number of ether oxygens (including phenoxy) is 2. The Morgan fingerprint density at radius 3 is 2.42 bits per heavy atom. The van der Waals surface area contributed by atoms with Gasteiger partial charge in [0.05, 0.1) is 25.7 Å². The second kappa shape index (κ2) is 11.7. The number of amides is 1. The Morgan fingerprint density at radius 1 is 1.00 bits per heavy atom. The highest BCUT2D eigenvalue weighted by Gasteiger charge is 2.17. The molecule has 1 amide bonds. The molecule has 0 fully saturated rings. The highest BCUT2D eigenvalue weighted by molar-refractivity contribution is 7.99. The second-order valence-corrected chi connectivity index (χ2v) is 8.95. The van der Waals surface area contributed by atoms with Crippen LogP contribution in [0, 0.1) is 0 Å². The molecule has 1 N–H and O–H groups in total. The van der Waals surface area contributed by atoms with Crippen molar-refractivity contribution in [3.05, 3.63) is 83.4 Å². The van der Waals surface area contributed by atoms with Gasteiger partial charge in [-0.1, -0.05) is 41.6 Å². The number of thioether (sulfide) groups is 1. The Hall–Kier alpha value is -3.82. The molecule has 0 saturated carbocycles. The zero-order valence-corrected chi connectivity index (χ0v) is 21.5. The zero-order chi connectivity index (χ0) is 25.5. The van der Waals surface area contributed by atoms with Gasteiger partial charge in [0.2, 0.25) is 0 Å². The van der Waals surface area contributed by atoms with Gasteiger partial charge in [-0.3, -0.25) is 9.36 Å². The normalized spacial score (nSPS) is 11.3. The van der Waals surface area contributed by atoms with E-state index in [0.717, 1.165) is 16.8 Å². The predicted octanol–water partition coefficient (Wildman–Crippen LogP) is 5.24. The van der Waals surface area contributed by atoms with Gasteiger partial charge in [0.15, 0.2) is 22.5 Å². The lowest BCUT2D eigenvalue weighted by molar-refractivity contribution is -0.118. The molecule has 0 radical (unpaired) electrons. The van der Waals surface area contributed by atoms with Crippen LogP contribution < -0.4 is 14.9 Å². The number of nitrogens with one attached hydrogen (secondary N) is 1. The summed E-state index contributed by atoms with van der Waals surface area (Å²) in [6.45, 7) is 1.80. The van der Waals surface area contributed by atoms with Crippen LogP contribution in [0.2, 0.25) is 5.02 Å². The molecule has 0 atom stereocenters. The van der Waals surface area contributed by atoms with Gasteiger partial charge in [-0.25, -0.2) is 5.43 Å². The van der Waals surface area contributed by atoms with E-state index in [0.29, 0.717) is 33.2 Å². The fraction of sp³-hybridized carbons (Fsp3) is 0.154. The van der Waals surface area contributed by atoms with E-state index in [1.807, 2.05) is 53.1 Å². The Labute approximate surface area is 218 Å². The number of carbonyl (C=O) groups excluding carboxylic acids is 1. The summed E-state index contributed by atoms with van der Waals surface area (Å²) in [5.41, 5.74) is 5.79. The number of halogens is 1. The predicted molar refractivity (Wildman–Crippen MR) is 142 cm³/mol. The molecule has 0 aliphatic rings. The van der Waals surface area contributed by atoms with Crippen molar-refractivity contribution in [2.45, 2.75) is 12.1 Å². The Kier molecular flexibility index (Phi) is 8.24. The lowest BCUT2D eigenvalue weighted by atomic mass is 10.1. The molecule has 184 valence electrons. The van der Waals surface area contributed by atoms with Gasteiger partial charge < -0.3 is 9.47 Å². The SMILES string of the molecule is COc1ccc(/C(C)=N\NC(=O)CSc2nnc(-c3ccc(Cl)cc3)n2-c2ccccc2)cc1OC.